The number of nitrogens with zero attached hydrogens (tertiary/aromatic N) is 1. The number of aryl methyl sites for hydroxylation is 1. The van der Waals surface area contributed by atoms with Gasteiger partial charge in [-0.2, -0.15) is 13.2 Å². The van der Waals surface area contributed by atoms with Crippen molar-refractivity contribution in [1.82, 2.24) is 4.57 Å². The summed E-state index contributed by atoms with van der Waals surface area (Å²) >= 11 is 6.13. The zero-order chi connectivity index (χ0) is 27.6. The third kappa shape index (κ3) is 4.03. The molecule has 0 aliphatic heterocycles. The summed E-state index contributed by atoms with van der Waals surface area (Å²) in [6, 6.07) is 16.2. The Kier molecular flexibility index (Phi) is 6.04. The first kappa shape index (κ1) is 26.1. The van der Waals surface area contributed by atoms with Gasteiger partial charge in [-0.3, -0.25) is 9.36 Å². The average molecular weight is 543 g/mol. The molecule has 0 saturated carbocycles. The molecule has 1 heterocycles. The molecule has 1 aliphatic carbocycles. The monoisotopic (exact) mass is 542 g/mol. The number of aromatic hydroxyl groups is 1. The van der Waals surface area contributed by atoms with Crippen molar-refractivity contribution < 1.29 is 23.4 Å². The van der Waals surface area contributed by atoms with Crippen LogP contribution in [0.4, 0.5) is 18.9 Å². The van der Waals surface area contributed by atoms with Crippen molar-refractivity contribution >= 4 is 28.2 Å². The summed E-state index contributed by atoms with van der Waals surface area (Å²) in [5, 5.41) is 25.5. The number of anilines is 1. The zero-order valence-electron chi connectivity index (χ0n) is 20.9. The largest absolute Gasteiger partial charge is 0.506 e. The second kappa shape index (κ2) is 8.78. The van der Waals surface area contributed by atoms with Gasteiger partial charge in [0.1, 0.15) is 5.75 Å². The number of pyridine rings is 1. The Hall–Kier alpha value is -3.49. The molecule has 0 radical (unpaired) electrons. The van der Waals surface area contributed by atoms with Crippen LogP contribution in [0.25, 0.3) is 16.6 Å². The van der Waals surface area contributed by atoms with Gasteiger partial charge in [0.15, 0.2) is 5.60 Å². The molecule has 4 aromatic rings. The first-order chi connectivity index (χ1) is 17.7. The Morgan fingerprint density at radius 3 is 2.45 bits per heavy atom. The lowest BCUT2D eigenvalue weighted by Gasteiger charge is -2.49. The normalized spacial score (nSPS) is 20.8. The molecular formula is C29H26ClF3N2O3. The van der Waals surface area contributed by atoms with E-state index in [4.69, 9.17) is 11.6 Å². The molecule has 198 valence electrons. The molecule has 5 rings (SSSR count). The van der Waals surface area contributed by atoms with Crippen LogP contribution in [0.3, 0.4) is 0 Å². The minimum absolute atomic E-state index is 0.0142. The maximum atomic E-state index is 14.6. The molecule has 0 fully saturated rings. The zero-order valence-corrected chi connectivity index (χ0v) is 21.7. The van der Waals surface area contributed by atoms with E-state index in [1.807, 2.05) is 25.1 Å². The maximum absolute atomic E-state index is 14.6. The second-order valence-corrected chi connectivity index (χ2v) is 10.9. The topological polar surface area (TPSA) is 74.5 Å². The van der Waals surface area contributed by atoms with Crippen molar-refractivity contribution in [3.05, 3.63) is 98.8 Å². The number of phenols is 1. The van der Waals surface area contributed by atoms with E-state index in [-0.39, 0.29) is 33.1 Å². The third-order valence-electron chi connectivity index (χ3n) is 7.33. The van der Waals surface area contributed by atoms with Gasteiger partial charge in [0.2, 0.25) is 0 Å². The van der Waals surface area contributed by atoms with Gasteiger partial charge in [-0.25, -0.2) is 0 Å². The van der Waals surface area contributed by atoms with E-state index in [0.29, 0.717) is 16.6 Å². The molecule has 0 amide bonds. The second-order valence-electron chi connectivity index (χ2n) is 10.5. The third-order valence-corrected chi connectivity index (χ3v) is 7.63. The van der Waals surface area contributed by atoms with Crippen LogP contribution in [-0.2, 0) is 5.41 Å². The lowest BCUT2D eigenvalue weighted by Crippen LogP contribution is -2.58. The number of phenolic OH excluding ortho intramolecular Hbond substituents is 1. The predicted octanol–water partition coefficient (Wildman–Crippen LogP) is 6.79. The fourth-order valence-corrected chi connectivity index (χ4v) is 5.86. The molecule has 0 saturated heterocycles. The molecule has 0 spiro atoms. The number of hydrogen-bond donors (Lipinski definition) is 3. The standard InChI is InChI=1S/C29H26ClF3N2O3/c1-16-6-4-7-17(14-16)35-22-9-5-8-21(18(22)11-13-23(35)36)34-26-19-10-12-20(30)25(37)24(19)27(2,3)15-28(26,38)29(31,32)33/h4-14,26,34,37-38H,15H2,1-3H3. The molecule has 2 atom stereocenters. The fourth-order valence-electron chi connectivity index (χ4n) is 5.70. The number of aromatic nitrogens is 1. The first-order valence-electron chi connectivity index (χ1n) is 12.0. The van der Waals surface area contributed by atoms with Crippen molar-refractivity contribution in [2.45, 2.75) is 50.4 Å². The average Bonchev–Trinajstić information content (AvgIpc) is 2.82. The number of halogens is 4. The van der Waals surface area contributed by atoms with Crippen LogP contribution < -0.4 is 10.9 Å². The van der Waals surface area contributed by atoms with E-state index < -0.39 is 29.7 Å². The maximum Gasteiger partial charge on any atom is 0.419 e. The minimum atomic E-state index is -5.00. The van der Waals surface area contributed by atoms with Crippen LogP contribution in [0.1, 0.15) is 43.0 Å². The molecule has 1 aromatic heterocycles. The Labute approximate surface area is 222 Å². The lowest BCUT2D eigenvalue weighted by atomic mass is 9.63. The summed E-state index contributed by atoms with van der Waals surface area (Å²) < 4.78 is 45.2. The number of nitrogens with one attached hydrogen (secondary N) is 1. The fraction of sp³-hybridized carbons (Fsp3) is 0.276. The lowest BCUT2D eigenvalue weighted by molar-refractivity contribution is -0.275. The van der Waals surface area contributed by atoms with E-state index in [0.717, 1.165) is 5.56 Å². The van der Waals surface area contributed by atoms with Crippen molar-refractivity contribution in [3.63, 3.8) is 0 Å². The highest BCUT2D eigenvalue weighted by atomic mass is 35.5. The summed E-state index contributed by atoms with van der Waals surface area (Å²) in [4.78, 5) is 12.9. The first-order valence-corrected chi connectivity index (χ1v) is 12.4. The molecular weight excluding hydrogens is 517 g/mol. The molecule has 3 aromatic carbocycles. The number of aliphatic hydroxyl groups is 1. The number of rotatable bonds is 3. The van der Waals surface area contributed by atoms with Gasteiger partial charge in [-0.15, -0.1) is 0 Å². The van der Waals surface area contributed by atoms with E-state index >= 15 is 0 Å². The van der Waals surface area contributed by atoms with Crippen molar-refractivity contribution in [1.29, 1.82) is 0 Å². The number of benzene rings is 3. The van der Waals surface area contributed by atoms with E-state index in [1.165, 1.54) is 36.6 Å². The summed E-state index contributed by atoms with van der Waals surface area (Å²) in [6.07, 6.45) is -5.70. The van der Waals surface area contributed by atoms with Crippen molar-refractivity contribution in [3.8, 4) is 11.4 Å². The van der Waals surface area contributed by atoms with Gasteiger partial charge in [-0.1, -0.05) is 49.7 Å². The van der Waals surface area contributed by atoms with Crippen LogP contribution in [0.15, 0.2) is 71.5 Å². The summed E-state index contributed by atoms with van der Waals surface area (Å²) in [5.41, 5.74) is -2.04. The molecule has 38 heavy (non-hydrogen) atoms. The number of hydrogen-bond acceptors (Lipinski definition) is 4. The van der Waals surface area contributed by atoms with Gasteiger partial charge in [-0.05, 0) is 66.3 Å². The highest BCUT2D eigenvalue weighted by Gasteiger charge is 2.64. The van der Waals surface area contributed by atoms with Crippen LogP contribution in [-0.4, -0.2) is 26.6 Å². The molecule has 3 N–H and O–H groups in total. The van der Waals surface area contributed by atoms with Crippen LogP contribution in [0.5, 0.6) is 5.75 Å². The Morgan fingerprint density at radius 1 is 1.05 bits per heavy atom. The van der Waals surface area contributed by atoms with Crippen molar-refractivity contribution in [2.75, 3.05) is 5.32 Å². The van der Waals surface area contributed by atoms with Crippen LogP contribution in [0.2, 0.25) is 5.02 Å². The highest BCUT2D eigenvalue weighted by Crippen LogP contribution is 2.57. The van der Waals surface area contributed by atoms with Gasteiger partial charge in [0, 0.05) is 28.4 Å². The van der Waals surface area contributed by atoms with E-state index in [2.05, 4.69) is 5.32 Å². The molecule has 9 heteroatoms. The van der Waals surface area contributed by atoms with Crippen LogP contribution in [0, 0.1) is 6.92 Å². The van der Waals surface area contributed by atoms with Crippen molar-refractivity contribution in [2.24, 2.45) is 0 Å². The van der Waals surface area contributed by atoms with Gasteiger partial charge >= 0.3 is 6.18 Å². The predicted molar refractivity (Wildman–Crippen MR) is 142 cm³/mol. The number of alkyl halides is 3. The molecule has 5 nitrogen and oxygen atoms in total. The molecule has 0 bridgehead atoms. The molecule has 2 unspecified atom stereocenters. The SMILES string of the molecule is Cc1cccc(-n2c(=O)ccc3c(NC4c5ccc(Cl)c(O)c5C(C)(C)CC4(O)C(F)(F)F)cccc32)c1. The van der Waals surface area contributed by atoms with Gasteiger partial charge < -0.3 is 15.5 Å². The Morgan fingerprint density at radius 2 is 1.76 bits per heavy atom. The van der Waals surface area contributed by atoms with E-state index in [9.17, 15) is 28.2 Å². The molecule has 1 aliphatic rings. The highest BCUT2D eigenvalue weighted by molar-refractivity contribution is 6.32. The number of fused-ring (bicyclic) bond motifs is 2. The quantitative estimate of drug-likeness (QED) is 0.266. The van der Waals surface area contributed by atoms with E-state index in [1.54, 1.807) is 30.3 Å². The minimum Gasteiger partial charge on any atom is -0.506 e. The summed E-state index contributed by atoms with van der Waals surface area (Å²) in [7, 11) is 0. The van der Waals surface area contributed by atoms with Crippen LogP contribution >= 0.6 is 11.6 Å². The smallest absolute Gasteiger partial charge is 0.419 e. The summed E-state index contributed by atoms with van der Waals surface area (Å²) in [6.45, 7) is 4.97. The van der Waals surface area contributed by atoms with Gasteiger partial charge in [0.05, 0.1) is 16.6 Å². The Balaban J connectivity index is 1.74. The summed E-state index contributed by atoms with van der Waals surface area (Å²) in [5.74, 6) is -0.309. The Bertz CT molecular complexity index is 1630. The van der Waals surface area contributed by atoms with Gasteiger partial charge in [0.25, 0.3) is 5.56 Å².